The number of nitrogens with zero attached hydrogens (tertiary/aromatic N) is 2. The van der Waals surface area contributed by atoms with Crippen LogP contribution >= 0.6 is 11.6 Å². The largest absolute Gasteiger partial charge is 0.477 e. The Morgan fingerprint density at radius 3 is 2.44 bits per heavy atom. The molecule has 0 saturated carbocycles. The van der Waals surface area contributed by atoms with Gasteiger partial charge in [-0.1, -0.05) is 25.4 Å². The predicted molar refractivity (Wildman–Crippen MR) is 64.0 cm³/mol. The maximum absolute atomic E-state index is 10.9. The Labute approximate surface area is 100 Å². The van der Waals surface area contributed by atoms with E-state index in [0.29, 0.717) is 11.7 Å². The first kappa shape index (κ1) is 13.1. The lowest BCUT2D eigenvalue weighted by Crippen LogP contribution is -2.22. The van der Waals surface area contributed by atoms with Crippen LogP contribution in [0.2, 0.25) is 5.15 Å². The van der Waals surface area contributed by atoms with Crippen LogP contribution in [0.5, 0.6) is 0 Å². The van der Waals surface area contributed by atoms with Crippen molar-refractivity contribution in [3.8, 4) is 0 Å². The van der Waals surface area contributed by atoms with Crippen molar-refractivity contribution in [2.45, 2.75) is 20.4 Å². The molecule has 1 aromatic heterocycles. The molecule has 0 aliphatic rings. The fourth-order valence-electron chi connectivity index (χ4n) is 1.65. The third-order valence-electron chi connectivity index (χ3n) is 2.74. The van der Waals surface area contributed by atoms with E-state index in [9.17, 15) is 4.79 Å². The van der Waals surface area contributed by atoms with Crippen molar-refractivity contribution in [2.24, 2.45) is 7.05 Å². The minimum atomic E-state index is -0.949. The lowest BCUT2D eigenvalue weighted by Gasteiger charge is -2.17. The maximum Gasteiger partial charge on any atom is 0.352 e. The summed E-state index contributed by atoms with van der Waals surface area (Å²) in [5, 5.41) is 9.46. The normalized spacial score (nSPS) is 11.1. The number of hydrogen-bond acceptors (Lipinski definition) is 2. The molecule has 90 valence electrons. The molecule has 1 aromatic rings. The van der Waals surface area contributed by atoms with E-state index in [-0.39, 0.29) is 5.69 Å². The van der Waals surface area contributed by atoms with Crippen LogP contribution < -0.4 is 0 Å². The Kier molecular flexibility index (Phi) is 4.38. The highest BCUT2D eigenvalue weighted by atomic mass is 35.5. The van der Waals surface area contributed by atoms with Crippen molar-refractivity contribution < 1.29 is 9.90 Å². The fourth-order valence-corrected chi connectivity index (χ4v) is 1.85. The van der Waals surface area contributed by atoms with Crippen LogP contribution in [-0.4, -0.2) is 33.6 Å². The average Bonchev–Trinajstić information content (AvgIpc) is 2.53. The lowest BCUT2D eigenvalue weighted by atomic mass is 10.3. The van der Waals surface area contributed by atoms with Crippen molar-refractivity contribution in [3.05, 3.63) is 22.5 Å². The molecule has 0 aliphatic carbocycles. The molecule has 0 atom stereocenters. The van der Waals surface area contributed by atoms with Gasteiger partial charge in [-0.2, -0.15) is 0 Å². The number of rotatable bonds is 5. The summed E-state index contributed by atoms with van der Waals surface area (Å²) in [5.41, 5.74) is 1.09. The van der Waals surface area contributed by atoms with Gasteiger partial charge in [-0.3, -0.25) is 4.90 Å². The number of hydrogen-bond donors (Lipinski definition) is 1. The van der Waals surface area contributed by atoms with Crippen LogP contribution in [0.3, 0.4) is 0 Å². The first-order valence-corrected chi connectivity index (χ1v) is 5.68. The molecule has 5 heteroatoms. The Morgan fingerprint density at radius 1 is 1.50 bits per heavy atom. The molecule has 0 unspecified atom stereocenters. The van der Waals surface area contributed by atoms with E-state index in [4.69, 9.17) is 16.7 Å². The van der Waals surface area contributed by atoms with Crippen LogP contribution in [0.15, 0.2) is 6.07 Å². The van der Waals surface area contributed by atoms with E-state index in [2.05, 4.69) is 18.7 Å². The molecular formula is C11H17ClN2O2. The molecular weight excluding hydrogens is 228 g/mol. The molecule has 0 radical (unpaired) electrons. The zero-order chi connectivity index (χ0) is 12.3. The van der Waals surface area contributed by atoms with Gasteiger partial charge in [0.1, 0.15) is 10.8 Å². The summed E-state index contributed by atoms with van der Waals surface area (Å²) >= 11 is 6.09. The minimum Gasteiger partial charge on any atom is -0.477 e. The summed E-state index contributed by atoms with van der Waals surface area (Å²) in [4.78, 5) is 13.1. The van der Waals surface area contributed by atoms with Crippen LogP contribution in [0.1, 0.15) is 29.9 Å². The van der Waals surface area contributed by atoms with Crippen molar-refractivity contribution in [2.75, 3.05) is 13.1 Å². The quantitative estimate of drug-likeness (QED) is 0.864. The number of aromatic nitrogens is 1. The summed E-state index contributed by atoms with van der Waals surface area (Å²) in [6.45, 7) is 6.66. The first-order chi connectivity index (χ1) is 7.51. The molecule has 0 fully saturated rings. The van der Waals surface area contributed by atoms with E-state index >= 15 is 0 Å². The Morgan fingerprint density at radius 2 is 2.06 bits per heavy atom. The number of halogens is 1. The van der Waals surface area contributed by atoms with Gasteiger partial charge >= 0.3 is 5.97 Å². The van der Waals surface area contributed by atoms with Gasteiger partial charge in [0, 0.05) is 19.2 Å². The van der Waals surface area contributed by atoms with Gasteiger partial charge in [0.15, 0.2) is 0 Å². The lowest BCUT2D eigenvalue weighted by molar-refractivity contribution is 0.0686. The van der Waals surface area contributed by atoms with E-state index in [1.54, 1.807) is 13.1 Å². The summed E-state index contributed by atoms with van der Waals surface area (Å²) in [6.07, 6.45) is 0. The summed E-state index contributed by atoms with van der Waals surface area (Å²) < 4.78 is 1.50. The second-order valence-corrected chi connectivity index (χ2v) is 4.03. The molecule has 1 heterocycles. The van der Waals surface area contributed by atoms with Crippen LogP contribution in [0.25, 0.3) is 0 Å². The topological polar surface area (TPSA) is 45.5 Å². The van der Waals surface area contributed by atoms with Crippen LogP contribution in [0, 0.1) is 0 Å². The third kappa shape index (κ3) is 2.57. The molecule has 0 bridgehead atoms. The molecule has 0 aromatic carbocycles. The molecule has 0 aliphatic heterocycles. The van der Waals surface area contributed by atoms with E-state index < -0.39 is 5.97 Å². The molecule has 0 spiro atoms. The SMILES string of the molecule is CCN(CC)Cc1cc(C(=O)O)n(C)c1Cl. The van der Waals surface area contributed by atoms with Gasteiger partial charge in [0.25, 0.3) is 0 Å². The number of aromatic carboxylic acids is 1. The highest BCUT2D eigenvalue weighted by molar-refractivity contribution is 6.30. The molecule has 1 N–H and O–H groups in total. The van der Waals surface area contributed by atoms with Crippen molar-refractivity contribution in [1.29, 1.82) is 0 Å². The maximum atomic E-state index is 10.9. The monoisotopic (exact) mass is 244 g/mol. The summed E-state index contributed by atoms with van der Waals surface area (Å²) in [7, 11) is 1.66. The Bertz CT molecular complexity index is 384. The third-order valence-corrected chi connectivity index (χ3v) is 3.24. The van der Waals surface area contributed by atoms with Crippen LogP contribution in [0.4, 0.5) is 0 Å². The van der Waals surface area contributed by atoms with Crippen LogP contribution in [-0.2, 0) is 13.6 Å². The molecule has 16 heavy (non-hydrogen) atoms. The molecule has 0 amide bonds. The zero-order valence-corrected chi connectivity index (χ0v) is 10.6. The number of carbonyl (C=O) groups is 1. The standard InChI is InChI=1S/C11H17ClN2O2/c1-4-14(5-2)7-8-6-9(11(15)16)13(3)10(8)12/h6H,4-5,7H2,1-3H3,(H,15,16). The van der Waals surface area contributed by atoms with Crippen molar-refractivity contribution >= 4 is 17.6 Å². The van der Waals surface area contributed by atoms with Crippen molar-refractivity contribution in [1.82, 2.24) is 9.47 Å². The second kappa shape index (κ2) is 5.37. The van der Waals surface area contributed by atoms with Gasteiger partial charge in [0.05, 0.1) is 0 Å². The van der Waals surface area contributed by atoms with E-state index in [1.807, 2.05) is 0 Å². The summed E-state index contributed by atoms with van der Waals surface area (Å²) in [6, 6.07) is 1.64. The van der Waals surface area contributed by atoms with Gasteiger partial charge in [-0.25, -0.2) is 4.79 Å². The Hall–Kier alpha value is -1.00. The van der Waals surface area contributed by atoms with Gasteiger partial charge in [0.2, 0.25) is 0 Å². The predicted octanol–water partition coefficient (Wildman–Crippen LogP) is 2.22. The number of carboxylic acids is 1. The second-order valence-electron chi connectivity index (χ2n) is 3.67. The number of carboxylic acid groups (broad SMARTS) is 1. The van der Waals surface area contributed by atoms with Gasteiger partial charge in [-0.05, 0) is 19.2 Å². The molecule has 4 nitrogen and oxygen atoms in total. The van der Waals surface area contributed by atoms with Gasteiger partial charge < -0.3 is 9.67 Å². The average molecular weight is 245 g/mol. The first-order valence-electron chi connectivity index (χ1n) is 5.30. The zero-order valence-electron chi connectivity index (χ0n) is 9.83. The molecule has 1 rings (SSSR count). The highest BCUT2D eigenvalue weighted by Crippen LogP contribution is 2.21. The van der Waals surface area contributed by atoms with E-state index in [1.165, 1.54) is 4.57 Å². The summed E-state index contributed by atoms with van der Waals surface area (Å²) in [5.74, 6) is -0.949. The smallest absolute Gasteiger partial charge is 0.352 e. The minimum absolute atomic E-state index is 0.229. The Balaban J connectivity index is 2.97. The van der Waals surface area contributed by atoms with E-state index in [0.717, 1.165) is 18.7 Å². The highest BCUT2D eigenvalue weighted by Gasteiger charge is 2.16. The van der Waals surface area contributed by atoms with Gasteiger partial charge in [-0.15, -0.1) is 0 Å². The molecule has 0 saturated heterocycles. The fraction of sp³-hybridized carbons (Fsp3) is 0.545. The van der Waals surface area contributed by atoms with Crippen molar-refractivity contribution in [3.63, 3.8) is 0 Å².